The molecule has 2 aromatic heterocycles. The Morgan fingerprint density at radius 1 is 1.30 bits per heavy atom. The zero-order chi connectivity index (χ0) is 21.3. The fraction of sp³-hybridized carbons (Fsp3) is 0.227. The van der Waals surface area contributed by atoms with Gasteiger partial charge < -0.3 is 14.4 Å². The van der Waals surface area contributed by atoms with Crippen LogP contribution >= 0.6 is 11.3 Å². The molecule has 7 nitrogen and oxygen atoms in total. The van der Waals surface area contributed by atoms with Crippen LogP contribution in [0.5, 0.6) is 5.75 Å². The Hall–Kier alpha value is -3.39. The van der Waals surface area contributed by atoms with E-state index in [1.807, 2.05) is 6.92 Å². The number of carbonyl (C=O) groups excluding carboxylic acids is 2. The summed E-state index contributed by atoms with van der Waals surface area (Å²) in [6.45, 7) is 4.32. The van der Waals surface area contributed by atoms with Crippen molar-refractivity contribution in [3.05, 3.63) is 75.4 Å². The third-order valence-electron chi connectivity index (χ3n) is 4.73. The second-order valence-corrected chi connectivity index (χ2v) is 7.81. The molecule has 3 heterocycles. The summed E-state index contributed by atoms with van der Waals surface area (Å²) in [7, 11) is 0. The van der Waals surface area contributed by atoms with Crippen molar-refractivity contribution in [3.63, 3.8) is 0 Å². The van der Waals surface area contributed by atoms with E-state index in [-0.39, 0.29) is 11.4 Å². The van der Waals surface area contributed by atoms with Crippen molar-refractivity contribution >= 4 is 28.8 Å². The topological polar surface area (TPSA) is 92.9 Å². The van der Waals surface area contributed by atoms with Crippen LogP contribution in [0, 0.1) is 6.92 Å². The maximum Gasteiger partial charge on any atom is 0.295 e. The van der Waals surface area contributed by atoms with Crippen molar-refractivity contribution in [1.29, 1.82) is 0 Å². The van der Waals surface area contributed by atoms with Crippen molar-refractivity contribution in [2.45, 2.75) is 26.3 Å². The number of amides is 1. The lowest BCUT2D eigenvalue weighted by atomic mass is 9.95. The zero-order valence-electron chi connectivity index (χ0n) is 16.5. The Labute approximate surface area is 177 Å². The van der Waals surface area contributed by atoms with Gasteiger partial charge in [-0.1, -0.05) is 30.3 Å². The SMILES string of the molecule is CCCOc1ccc([C@@H]2C(C(=O)c3cccs3)=C(O)C(=O)N2c2cc(C)on2)cc1. The molecule has 1 N–H and O–H groups in total. The van der Waals surface area contributed by atoms with Crippen molar-refractivity contribution in [2.75, 3.05) is 11.5 Å². The van der Waals surface area contributed by atoms with Crippen LogP contribution in [0.25, 0.3) is 0 Å². The molecule has 30 heavy (non-hydrogen) atoms. The fourth-order valence-electron chi connectivity index (χ4n) is 3.36. The Morgan fingerprint density at radius 3 is 2.67 bits per heavy atom. The van der Waals surface area contributed by atoms with Crippen LogP contribution in [0.4, 0.5) is 5.82 Å². The summed E-state index contributed by atoms with van der Waals surface area (Å²) in [4.78, 5) is 27.9. The first-order valence-corrected chi connectivity index (χ1v) is 10.4. The molecule has 3 aromatic rings. The highest BCUT2D eigenvalue weighted by Crippen LogP contribution is 2.42. The van der Waals surface area contributed by atoms with Crippen molar-refractivity contribution in [2.24, 2.45) is 0 Å². The van der Waals surface area contributed by atoms with Gasteiger partial charge in [0.25, 0.3) is 5.91 Å². The summed E-state index contributed by atoms with van der Waals surface area (Å²) < 4.78 is 10.8. The van der Waals surface area contributed by atoms with Gasteiger partial charge in [0.05, 0.1) is 23.1 Å². The Morgan fingerprint density at radius 2 is 2.07 bits per heavy atom. The monoisotopic (exact) mass is 424 g/mol. The number of anilines is 1. The van der Waals surface area contributed by atoms with Crippen LogP contribution in [-0.2, 0) is 4.79 Å². The third-order valence-corrected chi connectivity index (χ3v) is 5.60. The second kappa shape index (κ2) is 8.16. The number of Topliss-reactive ketones (excluding diaryl/α,β-unsaturated/α-hetero) is 1. The number of carbonyl (C=O) groups is 2. The third kappa shape index (κ3) is 3.50. The number of benzene rings is 1. The molecule has 1 aliphatic heterocycles. The molecule has 0 radical (unpaired) electrons. The molecular weight excluding hydrogens is 404 g/mol. The van der Waals surface area contributed by atoms with E-state index >= 15 is 0 Å². The van der Waals surface area contributed by atoms with Crippen molar-refractivity contribution < 1.29 is 24.0 Å². The van der Waals surface area contributed by atoms with Gasteiger partial charge in [-0.25, -0.2) is 0 Å². The highest BCUT2D eigenvalue weighted by Gasteiger charge is 2.46. The molecule has 0 bridgehead atoms. The smallest absolute Gasteiger partial charge is 0.295 e. The second-order valence-electron chi connectivity index (χ2n) is 6.86. The lowest BCUT2D eigenvalue weighted by molar-refractivity contribution is -0.117. The number of aryl methyl sites for hydroxylation is 1. The molecule has 1 aromatic carbocycles. The molecule has 0 aliphatic carbocycles. The number of ether oxygens (including phenoxy) is 1. The minimum atomic E-state index is -0.836. The van der Waals surface area contributed by atoms with Gasteiger partial charge in [-0.15, -0.1) is 11.3 Å². The predicted molar refractivity (Wildman–Crippen MR) is 112 cm³/mol. The van der Waals surface area contributed by atoms with Crippen molar-refractivity contribution in [3.8, 4) is 5.75 Å². The van der Waals surface area contributed by atoms with E-state index in [2.05, 4.69) is 5.16 Å². The van der Waals surface area contributed by atoms with Gasteiger partial charge in [-0.2, -0.15) is 0 Å². The van der Waals surface area contributed by atoms with E-state index in [0.29, 0.717) is 28.6 Å². The molecule has 0 saturated carbocycles. The van der Waals surface area contributed by atoms with Crippen molar-refractivity contribution in [1.82, 2.24) is 5.16 Å². The van der Waals surface area contributed by atoms with Gasteiger partial charge in [0.2, 0.25) is 5.78 Å². The first-order chi connectivity index (χ1) is 14.5. The summed E-state index contributed by atoms with van der Waals surface area (Å²) in [5, 5.41) is 16.4. The van der Waals surface area contributed by atoms with E-state index in [0.717, 1.165) is 6.42 Å². The molecular formula is C22H20N2O5S. The average Bonchev–Trinajstić information content (AvgIpc) is 3.48. The summed E-state index contributed by atoms with van der Waals surface area (Å²) in [6, 6.07) is 11.3. The predicted octanol–water partition coefficient (Wildman–Crippen LogP) is 4.62. The van der Waals surface area contributed by atoms with E-state index in [1.165, 1.54) is 16.2 Å². The summed E-state index contributed by atoms with van der Waals surface area (Å²) in [5.41, 5.74) is 0.669. The highest BCUT2D eigenvalue weighted by molar-refractivity contribution is 7.12. The number of aliphatic hydroxyl groups excluding tert-OH is 1. The molecule has 1 aliphatic rings. The molecule has 0 unspecified atom stereocenters. The number of ketones is 1. The zero-order valence-corrected chi connectivity index (χ0v) is 17.3. The van der Waals surface area contributed by atoms with Gasteiger partial charge in [0.1, 0.15) is 11.5 Å². The minimum absolute atomic E-state index is 0.0188. The molecule has 154 valence electrons. The van der Waals surface area contributed by atoms with E-state index < -0.39 is 23.5 Å². The first kappa shape index (κ1) is 19.9. The number of thiophene rings is 1. The molecule has 0 fully saturated rings. The van der Waals surface area contributed by atoms with Gasteiger partial charge in [0.15, 0.2) is 11.6 Å². The maximum absolute atomic E-state index is 13.2. The summed E-state index contributed by atoms with van der Waals surface area (Å²) >= 11 is 1.25. The molecule has 0 spiro atoms. The summed E-state index contributed by atoms with van der Waals surface area (Å²) in [6.07, 6.45) is 0.883. The average molecular weight is 424 g/mol. The van der Waals surface area contributed by atoms with E-state index in [4.69, 9.17) is 9.26 Å². The number of hydrogen-bond acceptors (Lipinski definition) is 7. The first-order valence-electron chi connectivity index (χ1n) is 9.52. The van der Waals surface area contributed by atoms with Crippen LogP contribution < -0.4 is 9.64 Å². The van der Waals surface area contributed by atoms with Gasteiger partial charge in [0, 0.05) is 6.07 Å². The van der Waals surface area contributed by atoms with Crippen LogP contribution in [0.1, 0.15) is 40.4 Å². The molecule has 0 saturated heterocycles. The Bertz CT molecular complexity index is 1100. The largest absolute Gasteiger partial charge is 0.503 e. The lowest BCUT2D eigenvalue weighted by Gasteiger charge is -2.24. The number of nitrogens with zero attached hydrogens (tertiary/aromatic N) is 2. The van der Waals surface area contributed by atoms with Crippen LogP contribution in [0.15, 0.2) is 63.7 Å². The fourth-order valence-corrected chi connectivity index (χ4v) is 4.04. The Balaban J connectivity index is 1.79. The minimum Gasteiger partial charge on any atom is -0.503 e. The van der Waals surface area contributed by atoms with Crippen LogP contribution in [-0.4, -0.2) is 28.6 Å². The molecule has 8 heteroatoms. The Kier molecular flexibility index (Phi) is 5.41. The summed E-state index contributed by atoms with van der Waals surface area (Å²) in [5.74, 6) is -0.237. The molecule has 4 rings (SSSR count). The van der Waals surface area contributed by atoms with E-state index in [9.17, 15) is 14.7 Å². The number of aliphatic hydroxyl groups is 1. The quantitative estimate of drug-likeness (QED) is 0.557. The molecule has 1 amide bonds. The number of hydrogen-bond donors (Lipinski definition) is 1. The maximum atomic E-state index is 13.2. The van der Waals surface area contributed by atoms with Crippen LogP contribution in [0.3, 0.4) is 0 Å². The normalized spacial score (nSPS) is 16.4. The van der Waals surface area contributed by atoms with Gasteiger partial charge in [-0.05, 0) is 42.5 Å². The highest BCUT2D eigenvalue weighted by atomic mass is 32.1. The van der Waals surface area contributed by atoms with Gasteiger partial charge in [-0.3, -0.25) is 14.5 Å². The number of aromatic nitrogens is 1. The van der Waals surface area contributed by atoms with Crippen LogP contribution in [0.2, 0.25) is 0 Å². The molecule has 1 atom stereocenters. The number of rotatable bonds is 7. The lowest BCUT2D eigenvalue weighted by Crippen LogP contribution is -2.31. The van der Waals surface area contributed by atoms with Gasteiger partial charge >= 0.3 is 0 Å². The standard InChI is InChI=1S/C22H20N2O5S/c1-3-10-28-15-8-6-14(7-9-15)19-18(20(25)16-5-4-11-30-16)21(26)22(27)24(19)17-12-13(2)29-23-17/h4-9,11-12,19,26H,3,10H2,1-2H3/t19-/m1/s1. The van der Waals surface area contributed by atoms with E-state index in [1.54, 1.807) is 54.8 Å².